The maximum Gasteiger partial charge on any atom is 0.197 e. The number of rotatable bonds is 1. The zero-order valence-electron chi connectivity index (χ0n) is 16.2. The van der Waals surface area contributed by atoms with E-state index in [1.54, 1.807) is 36.2 Å². The van der Waals surface area contributed by atoms with Crippen LogP contribution in [0.4, 0.5) is 10.1 Å². The highest BCUT2D eigenvalue weighted by molar-refractivity contribution is 7.99. The first-order chi connectivity index (χ1) is 15.2. The molecule has 4 aromatic rings. The molecule has 0 spiro atoms. The molecule has 0 radical (unpaired) electrons. The van der Waals surface area contributed by atoms with Gasteiger partial charge < -0.3 is 9.15 Å². The molecule has 3 heterocycles. The Balaban J connectivity index is 1.59. The van der Waals surface area contributed by atoms with Crippen LogP contribution >= 0.6 is 11.8 Å². The minimum Gasteiger partial charge on any atom is -0.492 e. The van der Waals surface area contributed by atoms with Crippen molar-refractivity contribution in [3.05, 3.63) is 100 Å². The summed E-state index contributed by atoms with van der Waals surface area (Å²) in [6.45, 7) is 0.343. The molecule has 0 N–H and O–H groups in total. The lowest BCUT2D eigenvalue weighted by atomic mass is 9.88. The third kappa shape index (κ3) is 2.98. The van der Waals surface area contributed by atoms with Crippen LogP contribution in [0.2, 0.25) is 0 Å². The van der Waals surface area contributed by atoms with E-state index < -0.39 is 0 Å². The second-order valence-corrected chi connectivity index (χ2v) is 8.76. The quantitative estimate of drug-likeness (QED) is 0.378. The maximum absolute atomic E-state index is 14.1. The Morgan fingerprint density at radius 2 is 1.87 bits per heavy atom. The third-order valence-corrected chi connectivity index (χ3v) is 7.16. The van der Waals surface area contributed by atoms with Crippen LogP contribution in [0.1, 0.15) is 16.4 Å². The summed E-state index contributed by atoms with van der Waals surface area (Å²) in [6.07, 6.45) is 1.55. The minimum atomic E-state index is -0.349. The van der Waals surface area contributed by atoms with Gasteiger partial charge in [0.25, 0.3) is 0 Å². The highest BCUT2D eigenvalue weighted by Crippen LogP contribution is 2.49. The van der Waals surface area contributed by atoms with Crippen LogP contribution in [0.15, 0.2) is 92.1 Å². The number of aliphatic imine (C=N–C) groups is 1. The molecule has 0 saturated carbocycles. The van der Waals surface area contributed by atoms with Gasteiger partial charge in [0.05, 0.1) is 40.8 Å². The number of hydrogen-bond acceptors (Lipinski definition) is 5. The van der Waals surface area contributed by atoms with Crippen LogP contribution < -0.4 is 10.2 Å². The van der Waals surface area contributed by atoms with E-state index in [9.17, 15) is 9.18 Å². The number of para-hydroxylation sites is 2. The zero-order chi connectivity index (χ0) is 20.9. The largest absolute Gasteiger partial charge is 0.492 e. The fourth-order valence-corrected chi connectivity index (χ4v) is 5.55. The summed E-state index contributed by atoms with van der Waals surface area (Å²) in [7, 11) is 0. The van der Waals surface area contributed by atoms with Crippen molar-refractivity contribution in [1.29, 1.82) is 0 Å². The van der Waals surface area contributed by atoms with E-state index >= 15 is 0 Å². The molecule has 3 aromatic carbocycles. The topological polar surface area (TPSA) is 51.8 Å². The summed E-state index contributed by atoms with van der Waals surface area (Å²) in [5, 5.41) is 0.250. The van der Waals surface area contributed by atoms with Crippen molar-refractivity contribution in [2.75, 3.05) is 6.61 Å². The van der Waals surface area contributed by atoms with Gasteiger partial charge in [0.1, 0.15) is 17.1 Å². The average molecular weight is 429 g/mol. The number of halogens is 1. The van der Waals surface area contributed by atoms with E-state index in [4.69, 9.17) is 14.1 Å². The monoisotopic (exact) mass is 429 g/mol. The second-order valence-electron chi connectivity index (χ2n) is 7.58. The second kappa shape index (κ2) is 7.10. The Kier molecular flexibility index (Phi) is 4.21. The molecule has 0 aliphatic carbocycles. The summed E-state index contributed by atoms with van der Waals surface area (Å²) >= 11 is 1.57. The Labute approximate surface area is 181 Å². The summed E-state index contributed by atoms with van der Waals surface area (Å²) in [4.78, 5) is 19.3. The summed E-state index contributed by atoms with van der Waals surface area (Å²) < 4.78 is 25.9. The molecule has 6 rings (SSSR count). The molecule has 31 heavy (non-hydrogen) atoms. The molecular weight excluding hydrogens is 413 g/mol. The fourth-order valence-electron chi connectivity index (χ4n) is 4.23. The third-order valence-electron chi connectivity index (χ3n) is 5.73. The predicted octanol–water partition coefficient (Wildman–Crippen LogP) is 5.91. The number of nitrogens with zero attached hydrogens (tertiary/aromatic N) is 1. The summed E-state index contributed by atoms with van der Waals surface area (Å²) in [6, 6.07) is 19.5. The Hall–Kier alpha value is -3.38. The summed E-state index contributed by atoms with van der Waals surface area (Å²) in [5.74, 6) is 0.0125. The van der Waals surface area contributed by atoms with Gasteiger partial charge >= 0.3 is 0 Å². The van der Waals surface area contributed by atoms with E-state index in [0.717, 1.165) is 16.3 Å². The molecular formula is C25H16FNO3S. The standard InChI is InChI=1S/C25H16FNO3S/c26-14-9-10-21-16(11-14)23-17(12-29-21)25(31-22-8-4-2-6-19(22)27-23)18-13-30-20-7-3-1-5-15(20)24(18)28/h1-11,13,17,25H,12H2/t17-,25-/m1/s1. The molecule has 2 aliphatic heterocycles. The number of benzene rings is 3. The first-order valence-electron chi connectivity index (χ1n) is 9.96. The lowest BCUT2D eigenvalue weighted by Crippen LogP contribution is -2.33. The molecule has 6 heteroatoms. The van der Waals surface area contributed by atoms with Crippen molar-refractivity contribution in [1.82, 2.24) is 0 Å². The van der Waals surface area contributed by atoms with Crippen LogP contribution in [0, 0.1) is 11.7 Å². The van der Waals surface area contributed by atoms with Crippen molar-refractivity contribution in [2.45, 2.75) is 10.1 Å². The van der Waals surface area contributed by atoms with Gasteiger partial charge in [-0.1, -0.05) is 24.3 Å². The fraction of sp³-hybridized carbons (Fsp3) is 0.120. The minimum absolute atomic E-state index is 0.0666. The molecule has 0 amide bonds. The number of ether oxygens (including phenoxy) is 1. The van der Waals surface area contributed by atoms with E-state index in [1.807, 2.05) is 36.4 Å². The molecule has 2 aliphatic rings. The van der Waals surface area contributed by atoms with Gasteiger partial charge in [0.2, 0.25) is 0 Å². The Morgan fingerprint density at radius 1 is 1.03 bits per heavy atom. The van der Waals surface area contributed by atoms with E-state index in [1.165, 1.54) is 12.1 Å². The van der Waals surface area contributed by atoms with E-state index in [2.05, 4.69) is 0 Å². The SMILES string of the molecule is O=c1c([C@@H]2Sc3ccccc3N=C3c4cc(F)ccc4OC[C@H]32)coc2ccccc12. The normalized spacial score (nSPS) is 19.5. The van der Waals surface area contributed by atoms with Gasteiger partial charge in [-0.3, -0.25) is 9.79 Å². The molecule has 0 unspecified atom stereocenters. The van der Waals surface area contributed by atoms with Gasteiger partial charge in [-0.15, -0.1) is 11.8 Å². The molecule has 1 aromatic heterocycles. The predicted molar refractivity (Wildman–Crippen MR) is 119 cm³/mol. The van der Waals surface area contributed by atoms with E-state index in [-0.39, 0.29) is 22.4 Å². The number of fused-ring (bicyclic) bond motifs is 5. The van der Waals surface area contributed by atoms with Crippen LogP contribution in [-0.4, -0.2) is 12.3 Å². The smallest absolute Gasteiger partial charge is 0.197 e. The highest BCUT2D eigenvalue weighted by atomic mass is 32.2. The molecule has 152 valence electrons. The molecule has 0 bridgehead atoms. The van der Waals surface area contributed by atoms with Gasteiger partial charge in [0, 0.05) is 16.0 Å². The van der Waals surface area contributed by atoms with Gasteiger partial charge in [0.15, 0.2) is 5.43 Å². The van der Waals surface area contributed by atoms with Crippen molar-refractivity contribution in [3.63, 3.8) is 0 Å². The Bertz CT molecular complexity index is 1430. The van der Waals surface area contributed by atoms with Crippen LogP contribution in [0.5, 0.6) is 5.75 Å². The maximum atomic E-state index is 14.1. The lowest BCUT2D eigenvalue weighted by Gasteiger charge is -2.31. The number of thioether (sulfide) groups is 1. The van der Waals surface area contributed by atoms with Crippen LogP contribution in [-0.2, 0) is 0 Å². The molecule has 2 atom stereocenters. The first kappa shape index (κ1) is 18.4. The zero-order valence-corrected chi connectivity index (χ0v) is 17.1. The van der Waals surface area contributed by atoms with Crippen molar-refractivity contribution >= 4 is 34.1 Å². The van der Waals surface area contributed by atoms with Crippen molar-refractivity contribution in [3.8, 4) is 5.75 Å². The Morgan fingerprint density at radius 3 is 2.81 bits per heavy atom. The van der Waals surface area contributed by atoms with Crippen molar-refractivity contribution < 1.29 is 13.5 Å². The average Bonchev–Trinajstić information content (AvgIpc) is 2.96. The van der Waals surface area contributed by atoms with Crippen molar-refractivity contribution in [2.24, 2.45) is 10.9 Å². The number of hydrogen-bond donors (Lipinski definition) is 0. The van der Waals surface area contributed by atoms with E-state index in [0.29, 0.717) is 34.5 Å². The van der Waals surface area contributed by atoms with Crippen LogP contribution in [0.3, 0.4) is 0 Å². The van der Waals surface area contributed by atoms with Gasteiger partial charge in [-0.2, -0.15) is 0 Å². The molecule has 0 fully saturated rings. The van der Waals surface area contributed by atoms with Gasteiger partial charge in [-0.25, -0.2) is 4.39 Å². The highest BCUT2D eigenvalue weighted by Gasteiger charge is 2.39. The van der Waals surface area contributed by atoms with Gasteiger partial charge in [-0.05, 0) is 42.5 Å². The molecule has 4 nitrogen and oxygen atoms in total. The lowest BCUT2D eigenvalue weighted by molar-refractivity contribution is 0.270. The first-order valence-corrected chi connectivity index (χ1v) is 10.8. The summed E-state index contributed by atoms with van der Waals surface area (Å²) in [5.41, 5.74) is 3.21. The van der Waals surface area contributed by atoms with Crippen LogP contribution in [0.25, 0.3) is 11.0 Å². The molecule has 0 saturated heterocycles.